The Morgan fingerprint density at radius 2 is 1.66 bits per heavy atom. The van der Waals surface area contributed by atoms with Crippen molar-refractivity contribution in [2.45, 2.75) is 44.4 Å². The van der Waals surface area contributed by atoms with E-state index in [1.165, 1.54) is 17.0 Å². The largest absolute Gasteiger partial charge is 0.452 e. The summed E-state index contributed by atoms with van der Waals surface area (Å²) in [4.78, 5) is 27.3. The van der Waals surface area contributed by atoms with Crippen molar-refractivity contribution in [3.63, 3.8) is 0 Å². The molecule has 0 heterocycles. The number of sulfonamides is 1. The number of anilines is 2. The first-order valence-electron chi connectivity index (χ1n) is 12.1. The summed E-state index contributed by atoms with van der Waals surface area (Å²) in [5.74, 6) is -1.36. The number of nitriles is 1. The zero-order chi connectivity index (χ0) is 27.9. The Morgan fingerprint density at radius 3 is 2.32 bits per heavy atom. The van der Waals surface area contributed by atoms with Crippen molar-refractivity contribution in [2.24, 2.45) is 0 Å². The van der Waals surface area contributed by atoms with Crippen molar-refractivity contribution in [3.05, 3.63) is 89.5 Å². The van der Waals surface area contributed by atoms with Gasteiger partial charge >= 0.3 is 5.97 Å². The fourth-order valence-electron chi connectivity index (χ4n) is 3.76. The van der Waals surface area contributed by atoms with Gasteiger partial charge in [-0.05, 0) is 53.8 Å². The summed E-state index contributed by atoms with van der Waals surface area (Å²) in [7, 11) is -4.04. The van der Waals surface area contributed by atoms with Gasteiger partial charge in [0.05, 0.1) is 28.6 Å². The number of esters is 1. The van der Waals surface area contributed by atoms with Crippen LogP contribution >= 0.6 is 0 Å². The fourth-order valence-corrected chi connectivity index (χ4v) is 5.11. The lowest BCUT2D eigenvalue weighted by molar-refractivity contribution is -0.121. The molecule has 9 heteroatoms. The average Bonchev–Trinajstić information content (AvgIpc) is 2.87. The van der Waals surface area contributed by atoms with E-state index in [9.17, 15) is 18.0 Å². The van der Waals surface area contributed by atoms with Crippen LogP contribution in [0.1, 0.15) is 48.7 Å². The van der Waals surface area contributed by atoms with Gasteiger partial charge in [-0.2, -0.15) is 5.26 Å². The van der Waals surface area contributed by atoms with Crippen LogP contribution in [0.3, 0.4) is 0 Å². The minimum absolute atomic E-state index is 0.0307. The molecule has 0 aliphatic rings. The molecule has 0 aliphatic carbocycles. The molecule has 3 aromatic carbocycles. The first-order chi connectivity index (χ1) is 17.9. The maximum atomic E-state index is 13.3. The van der Waals surface area contributed by atoms with Gasteiger partial charge in [0.25, 0.3) is 15.9 Å². The van der Waals surface area contributed by atoms with Gasteiger partial charge in [0, 0.05) is 12.2 Å². The van der Waals surface area contributed by atoms with Crippen molar-refractivity contribution in [1.29, 1.82) is 5.26 Å². The molecule has 0 atom stereocenters. The zero-order valence-electron chi connectivity index (χ0n) is 21.9. The van der Waals surface area contributed by atoms with Crippen molar-refractivity contribution in [1.82, 2.24) is 0 Å². The number of benzene rings is 3. The number of carbonyl (C=O) groups excluding carboxylic acids is 2. The van der Waals surface area contributed by atoms with Crippen molar-refractivity contribution >= 4 is 33.3 Å². The maximum Gasteiger partial charge on any atom is 0.340 e. The molecular weight excluding hydrogens is 502 g/mol. The number of ether oxygens (including phenoxy) is 1. The van der Waals surface area contributed by atoms with Crippen LogP contribution in [-0.2, 0) is 25.0 Å². The minimum atomic E-state index is -4.04. The first-order valence-corrected chi connectivity index (χ1v) is 13.5. The molecule has 8 nitrogen and oxygen atoms in total. The Kier molecular flexibility index (Phi) is 8.92. The molecule has 0 bridgehead atoms. The molecule has 38 heavy (non-hydrogen) atoms. The third kappa shape index (κ3) is 6.99. The van der Waals surface area contributed by atoms with E-state index in [0.29, 0.717) is 11.3 Å². The fraction of sp³-hybridized carbons (Fsp3) is 0.276. The van der Waals surface area contributed by atoms with Crippen LogP contribution in [0, 0.1) is 18.3 Å². The highest BCUT2D eigenvalue weighted by molar-refractivity contribution is 7.92. The molecule has 198 valence electrons. The van der Waals surface area contributed by atoms with Gasteiger partial charge in [0.15, 0.2) is 6.61 Å². The Labute approximate surface area is 223 Å². The van der Waals surface area contributed by atoms with Crippen molar-refractivity contribution < 1.29 is 22.7 Å². The Hall–Kier alpha value is -4.16. The second kappa shape index (κ2) is 11.9. The summed E-state index contributed by atoms with van der Waals surface area (Å²) in [5.41, 5.74) is 1.74. The third-order valence-corrected chi connectivity index (χ3v) is 7.39. The number of carbonyl (C=O) groups is 2. The van der Waals surface area contributed by atoms with Gasteiger partial charge in [-0.1, -0.05) is 63.2 Å². The molecule has 0 fully saturated rings. The summed E-state index contributed by atoms with van der Waals surface area (Å²) >= 11 is 0. The van der Waals surface area contributed by atoms with E-state index in [4.69, 9.17) is 10.00 Å². The molecule has 0 saturated heterocycles. The van der Waals surface area contributed by atoms with Gasteiger partial charge in [-0.25, -0.2) is 13.2 Å². The Balaban J connectivity index is 1.80. The molecule has 1 amide bonds. The number of hydrogen-bond donors (Lipinski definition) is 1. The maximum absolute atomic E-state index is 13.3. The predicted octanol–water partition coefficient (Wildman–Crippen LogP) is 5.20. The number of aryl methyl sites for hydroxylation is 1. The van der Waals surface area contributed by atoms with Gasteiger partial charge < -0.3 is 9.64 Å². The molecular formula is C29H31N3O5S. The van der Waals surface area contributed by atoms with E-state index in [0.717, 1.165) is 5.56 Å². The SMILES string of the molecule is Cc1ccc(C(C)(C)C)cc1S(=O)(=O)Nc1ccccc1C(=O)OCC(=O)N(CCC#N)c1ccccc1. The average molecular weight is 534 g/mol. The summed E-state index contributed by atoms with van der Waals surface area (Å²) in [5, 5.41) is 8.96. The lowest BCUT2D eigenvalue weighted by atomic mass is 9.87. The molecule has 3 rings (SSSR count). The second-order valence-corrected chi connectivity index (χ2v) is 11.4. The number of para-hydroxylation sites is 2. The van der Waals surface area contributed by atoms with Crippen LogP contribution in [0.5, 0.6) is 0 Å². The second-order valence-electron chi connectivity index (χ2n) is 9.75. The zero-order valence-corrected chi connectivity index (χ0v) is 22.7. The topological polar surface area (TPSA) is 117 Å². The molecule has 0 saturated carbocycles. The highest BCUT2D eigenvalue weighted by Gasteiger charge is 2.24. The molecule has 0 aliphatic heterocycles. The van der Waals surface area contributed by atoms with Crippen molar-refractivity contribution in [2.75, 3.05) is 22.8 Å². The third-order valence-electron chi connectivity index (χ3n) is 5.88. The molecule has 0 unspecified atom stereocenters. The monoisotopic (exact) mass is 533 g/mol. The molecule has 3 aromatic rings. The quantitative estimate of drug-likeness (QED) is 0.378. The van der Waals surface area contributed by atoms with Crippen molar-refractivity contribution in [3.8, 4) is 6.07 Å². The molecule has 0 aromatic heterocycles. The van der Waals surface area contributed by atoms with Gasteiger partial charge in [-0.3, -0.25) is 9.52 Å². The first kappa shape index (κ1) is 28.4. The molecule has 1 N–H and O–H groups in total. The molecule has 0 radical (unpaired) electrons. The lowest BCUT2D eigenvalue weighted by Gasteiger charge is -2.22. The van der Waals surface area contributed by atoms with Crippen LogP contribution in [-0.4, -0.2) is 33.4 Å². The van der Waals surface area contributed by atoms with Gasteiger partial charge in [-0.15, -0.1) is 0 Å². The van der Waals surface area contributed by atoms with E-state index < -0.39 is 28.5 Å². The van der Waals surface area contributed by atoms with Crippen LogP contribution < -0.4 is 9.62 Å². The number of rotatable bonds is 9. The molecule has 0 spiro atoms. The Bertz CT molecular complexity index is 1460. The lowest BCUT2D eigenvalue weighted by Crippen LogP contribution is -2.35. The predicted molar refractivity (Wildman–Crippen MR) is 146 cm³/mol. The van der Waals surface area contributed by atoms with Crippen LogP contribution in [0.25, 0.3) is 0 Å². The number of amides is 1. The number of nitrogens with one attached hydrogen (secondary N) is 1. The smallest absolute Gasteiger partial charge is 0.340 e. The van der Waals surface area contributed by atoms with Gasteiger partial charge in [0.2, 0.25) is 0 Å². The Morgan fingerprint density at radius 1 is 1.00 bits per heavy atom. The summed E-state index contributed by atoms with van der Waals surface area (Å²) in [6.45, 7) is 7.25. The highest BCUT2D eigenvalue weighted by Crippen LogP contribution is 2.28. The normalized spacial score (nSPS) is 11.3. The van der Waals surface area contributed by atoms with E-state index >= 15 is 0 Å². The minimum Gasteiger partial charge on any atom is -0.452 e. The van der Waals surface area contributed by atoms with E-state index in [1.807, 2.05) is 32.9 Å². The van der Waals surface area contributed by atoms with E-state index in [2.05, 4.69) is 4.72 Å². The van der Waals surface area contributed by atoms with Crippen LogP contribution in [0.15, 0.2) is 77.7 Å². The summed E-state index contributed by atoms with van der Waals surface area (Å²) in [6.07, 6.45) is 0.106. The summed E-state index contributed by atoms with van der Waals surface area (Å²) < 4.78 is 34.5. The number of nitrogens with zero attached hydrogens (tertiary/aromatic N) is 2. The standard InChI is InChI=1S/C29H31N3O5S/c1-21-15-16-22(29(2,3)4)19-26(21)38(35,36)31-25-14-9-8-13-24(25)28(34)37-20-27(33)32(18-10-17-30)23-11-6-5-7-12-23/h5-9,11-16,19,31H,10,18,20H2,1-4H3. The summed E-state index contributed by atoms with van der Waals surface area (Å²) in [6, 6.07) is 22.1. The van der Waals surface area contributed by atoms with Crippen LogP contribution in [0.2, 0.25) is 0 Å². The van der Waals surface area contributed by atoms with Crippen LogP contribution in [0.4, 0.5) is 11.4 Å². The van der Waals surface area contributed by atoms with E-state index in [-0.39, 0.29) is 34.5 Å². The highest BCUT2D eigenvalue weighted by atomic mass is 32.2. The van der Waals surface area contributed by atoms with E-state index in [1.54, 1.807) is 61.5 Å². The number of hydrogen-bond acceptors (Lipinski definition) is 6. The van der Waals surface area contributed by atoms with Gasteiger partial charge in [0.1, 0.15) is 0 Å².